The van der Waals surface area contributed by atoms with Crippen molar-refractivity contribution in [3.05, 3.63) is 63.8 Å². The Balaban J connectivity index is 1.42. The first-order valence-corrected chi connectivity index (χ1v) is 13.1. The number of likely N-dealkylation sites (tertiary alicyclic amines) is 1. The van der Waals surface area contributed by atoms with E-state index in [2.05, 4.69) is 16.5 Å². The molecule has 6 nitrogen and oxygen atoms in total. The molecule has 0 radical (unpaired) electrons. The average molecular weight is 460 g/mol. The molecule has 0 spiro atoms. The van der Waals surface area contributed by atoms with E-state index in [9.17, 15) is 13.2 Å². The lowest BCUT2D eigenvalue weighted by atomic mass is 10.0. The standard InChI is InChI=1S/C23H29N3O3S2/c1-18-7-5-13-25(16-18)14-6-12-24-31(28,29)20-10-11-21-22(15-20)30-23(27)26(21)17-19-8-3-2-4-9-19/h2-4,8-11,15,18,24H,5-7,12-14,16-17H2,1H3/t18-/m0/s1. The predicted molar refractivity (Wildman–Crippen MR) is 126 cm³/mol. The van der Waals surface area contributed by atoms with Crippen LogP contribution in [0.25, 0.3) is 10.2 Å². The van der Waals surface area contributed by atoms with Crippen LogP contribution in [-0.4, -0.2) is 44.1 Å². The first kappa shape index (κ1) is 22.2. The first-order chi connectivity index (χ1) is 14.9. The van der Waals surface area contributed by atoms with E-state index in [-0.39, 0.29) is 9.77 Å². The lowest BCUT2D eigenvalue weighted by Crippen LogP contribution is -2.36. The highest BCUT2D eigenvalue weighted by molar-refractivity contribution is 7.89. The highest BCUT2D eigenvalue weighted by Gasteiger charge is 2.18. The van der Waals surface area contributed by atoms with Crippen molar-refractivity contribution in [1.82, 2.24) is 14.2 Å². The molecule has 1 fully saturated rings. The number of fused-ring (bicyclic) bond motifs is 1. The predicted octanol–water partition coefficient (Wildman–Crippen LogP) is 3.51. The van der Waals surface area contributed by atoms with Crippen molar-refractivity contribution >= 4 is 31.6 Å². The summed E-state index contributed by atoms with van der Waals surface area (Å²) in [5, 5.41) is 0. The van der Waals surface area contributed by atoms with E-state index >= 15 is 0 Å². The molecule has 1 saturated heterocycles. The van der Waals surface area contributed by atoms with E-state index in [1.165, 1.54) is 12.8 Å². The molecule has 1 aliphatic rings. The number of sulfonamides is 1. The molecule has 1 N–H and O–H groups in total. The number of aromatic nitrogens is 1. The van der Waals surface area contributed by atoms with Gasteiger partial charge < -0.3 is 4.90 Å². The van der Waals surface area contributed by atoms with Crippen molar-refractivity contribution in [3.8, 4) is 0 Å². The van der Waals surface area contributed by atoms with Crippen LogP contribution in [0, 0.1) is 5.92 Å². The van der Waals surface area contributed by atoms with E-state index < -0.39 is 10.0 Å². The Kier molecular flexibility index (Phi) is 6.91. The number of benzene rings is 2. The Labute approximate surface area is 187 Å². The fourth-order valence-corrected chi connectivity index (χ4v) is 6.32. The summed E-state index contributed by atoms with van der Waals surface area (Å²) in [6, 6.07) is 14.7. The lowest BCUT2D eigenvalue weighted by Gasteiger charge is -2.30. The minimum Gasteiger partial charge on any atom is -0.303 e. The Morgan fingerprint density at radius 1 is 1.16 bits per heavy atom. The summed E-state index contributed by atoms with van der Waals surface area (Å²) >= 11 is 1.08. The molecule has 1 aromatic heterocycles. The quantitative estimate of drug-likeness (QED) is 0.523. The molecule has 0 unspecified atom stereocenters. The van der Waals surface area contributed by atoms with Crippen LogP contribution in [0.5, 0.6) is 0 Å². The van der Waals surface area contributed by atoms with E-state index in [4.69, 9.17) is 0 Å². The summed E-state index contributed by atoms with van der Waals surface area (Å²) in [5.74, 6) is 0.721. The summed E-state index contributed by atoms with van der Waals surface area (Å²) in [7, 11) is -3.60. The van der Waals surface area contributed by atoms with Gasteiger partial charge in [0, 0.05) is 13.1 Å². The third kappa shape index (κ3) is 5.44. The van der Waals surface area contributed by atoms with Gasteiger partial charge in [0.25, 0.3) is 0 Å². The molecule has 4 rings (SSSR count). The van der Waals surface area contributed by atoms with E-state index in [0.29, 0.717) is 17.8 Å². The van der Waals surface area contributed by atoms with Crippen LogP contribution in [0.4, 0.5) is 0 Å². The van der Waals surface area contributed by atoms with Crippen LogP contribution in [0.15, 0.2) is 58.2 Å². The molecule has 31 heavy (non-hydrogen) atoms. The van der Waals surface area contributed by atoms with Gasteiger partial charge in [0.15, 0.2) is 0 Å². The van der Waals surface area contributed by atoms with Crippen molar-refractivity contribution < 1.29 is 8.42 Å². The van der Waals surface area contributed by atoms with Crippen molar-refractivity contribution in [2.75, 3.05) is 26.2 Å². The van der Waals surface area contributed by atoms with Crippen LogP contribution in [0.3, 0.4) is 0 Å². The highest BCUT2D eigenvalue weighted by atomic mass is 32.2. The number of thiazole rings is 1. The third-order valence-electron chi connectivity index (χ3n) is 5.82. The van der Waals surface area contributed by atoms with Crippen LogP contribution < -0.4 is 9.60 Å². The summed E-state index contributed by atoms with van der Waals surface area (Å²) in [5.41, 5.74) is 1.79. The zero-order valence-corrected chi connectivity index (χ0v) is 19.4. The SMILES string of the molecule is C[C@H]1CCCN(CCCNS(=O)(=O)c2ccc3c(c2)sc(=O)n3Cc2ccccc2)C1. The molecular formula is C23H29N3O3S2. The largest absolute Gasteiger partial charge is 0.308 e. The second-order valence-electron chi connectivity index (χ2n) is 8.37. The van der Waals surface area contributed by atoms with Gasteiger partial charge in [-0.05, 0) is 62.0 Å². The molecule has 0 amide bonds. The van der Waals surface area contributed by atoms with Crippen LogP contribution in [-0.2, 0) is 16.6 Å². The Bertz CT molecular complexity index is 1190. The van der Waals surface area contributed by atoms with Gasteiger partial charge in [-0.2, -0.15) is 0 Å². The number of piperidine rings is 1. The fraction of sp³-hybridized carbons (Fsp3) is 0.435. The zero-order valence-electron chi connectivity index (χ0n) is 17.8. The van der Waals surface area contributed by atoms with Crippen molar-refractivity contribution in [2.45, 2.75) is 37.6 Å². The van der Waals surface area contributed by atoms with E-state index in [0.717, 1.165) is 54.4 Å². The molecule has 3 aromatic rings. The Hall–Kier alpha value is -2.00. The van der Waals surface area contributed by atoms with Crippen LogP contribution in [0.2, 0.25) is 0 Å². The Morgan fingerprint density at radius 2 is 1.97 bits per heavy atom. The maximum atomic E-state index is 12.8. The van der Waals surface area contributed by atoms with E-state index in [1.807, 2.05) is 30.3 Å². The summed E-state index contributed by atoms with van der Waals surface area (Å²) < 4.78 is 30.6. The molecule has 0 bridgehead atoms. The lowest BCUT2D eigenvalue weighted by molar-refractivity contribution is 0.182. The van der Waals surface area contributed by atoms with Gasteiger partial charge in [-0.3, -0.25) is 9.36 Å². The maximum Gasteiger partial charge on any atom is 0.308 e. The first-order valence-electron chi connectivity index (χ1n) is 10.8. The second kappa shape index (κ2) is 9.65. The van der Waals surface area contributed by atoms with Crippen molar-refractivity contribution in [3.63, 3.8) is 0 Å². The van der Waals surface area contributed by atoms with Gasteiger partial charge in [0.1, 0.15) is 0 Å². The summed E-state index contributed by atoms with van der Waals surface area (Å²) in [6.45, 7) is 6.27. The average Bonchev–Trinajstić information content (AvgIpc) is 3.06. The molecule has 2 aromatic carbocycles. The van der Waals surface area contributed by atoms with E-state index in [1.54, 1.807) is 22.8 Å². The topological polar surface area (TPSA) is 71.4 Å². The molecular weight excluding hydrogens is 430 g/mol. The second-order valence-corrected chi connectivity index (χ2v) is 11.1. The normalized spacial score (nSPS) is 17.9. The molecule has 8 heteroatoms. The van der Waals surface area contributed by atoms with Gasteiger partial charge in [0.2, 0.25) is 10.0 Å². The van der Waals surface area contributed by atoms with Gasteiger partial charge >= 0.3 is 4.87 Å². The molecule has 0 aliphatic carbocycles. The Morgan fingerprint density at radius 3 is 2.74 bits per heavy atom. The van der Waals surface area contributed by atoms with Gasteiger partial charge in [-0.1, -0.05) is 48.6 Å². The van der Waals surface area contributed by atoms with Crippen LogP contribution in [0.1, 0.15) is 31.7 Å². The number of nitrogens with zero attached hydrogens (tertiary/aromatic N) is 2. The van der Waals surface area contributed by atoms with Crippen molar-refractivity contribution in [2.24, 2.45) is 5.92 Å². The molecule has 0 saturated carbocycles. The molecule has 166 valence electrons. The van der Waals surface area contributed by atoms with Gasteiger partial charge in [0.05, 0.1) is 21.7 Å². The summed E-state index contributed by atoms with van der Waals surface area (Å²) in [4.78, 5) is 15.0. The smallest absolute Gasteiger partial charge is 0.303 e. The number of hydrogen-bond acceptors (Lipinski definition) is 5. The fourth-order valence-electron chi connectivity index (χ4n) is 4.21. The third-order valence-corrected chi connectivity index (χ3v) is 8.22. The summed E-state index contributed by atoms with van der Waals surface area (Å²) in [6.07, 6.45) is 3.29. The number of rotatable bonds is 8. The molecule has 1 atom stereocenters. The maximum absolute atomic E-state index is 12.8. The zero-order chi connectivity index (χ0) is 21.8. The minimum absolute atomic E-state index is 0.0860. The number of nitrogens with one attached hydrogen (secondary N) is 1. The van der Waals surface area contributed by atoms with Crippen LogP contribution >= 0.6 is 11.3 Å². The molecule has 2 heterocycles. The van der Waals surface area contributed by atoms with Crippen molar-refractivity contribution in [1.29, 1.82) is 0 Å². The monoisotopic (exact) mass is 459 g/mol. The molecule has 1 aliphatic heterocycles. The van der Waals surface area contributed by atoms with Gasteiger partial charge in [-0.15, -0.1) is 0 Å². The highest BCUT2D eigenvalue weighted by Crippen LogP contribution is 2.22. The number of hydrogen-bond donors (Lipinski definition) is 1. The van der Waals surface area contributed by atoms with Gasteiger partial charge in [-0.25, -0.2) is 13.1 Å². The minimum atomic E-state index is -3.60.